The summed E-state index contributed by atoms with van der Waals surface area (Å²) in [5.41, 5.74) is 6.48. The van der Waals surface area contributed by atoms with Crippen molar-refractivity contribution in [1.82, 2.24) is 0 Å². The van der Waals surface area contributed by atoms with E-state index in [1.165, 1.54) is 0 Å². The van der Waals surface area contributed by atoms with Gasteiger partial charge in [0, 0.05) is 0 Å². The molecule has 0 fully saturated rings. The second kappa shape index (κ2) is 3.56. The molecule has 0 radical (unpaired) electrons. The van der Waals surface area contributed by atoms with Crippen LogP contribution in [0.25, 0.3) is 0 Å². The minimum absolute atomic E-state index is 0.205. The van der Waals surface area contributed by atoms with Gasteiger partial charge in [-0.1, -0.05) is 12.1 Å². The molecule has 0 saturated carbocycles. The molecule has 0 saturated heterocycles. The van der Waals surface area contributed by atoms with Crippen LogP contribution in [-0.2, 0) is 0 Å². The molecule has 2 unspecified atom stereocenters. The number of aromatic hydroxyl groups is 1. The Hall–Kier alpha value is -1.06. The molecule has 3 heteroatoms. The van der Waals surface area contributed by atoms with E-state index in [1.807, 2.05) is 0 Å². The maximum atomic E-state index is 9.16. The third-order valence-electron chi connectivity index (χ3n) is 1.80. The van der Waals surface area contributed by atoms with E-state index in [1.54, 1.807) is 31.2 Å². The number of hydrogen-bond donors (Lipinski definition) is 3. The first-order valence-electron chi connectivity index (χ1n) is 3.84. The summed E-state index contributed by atoms with van der Waals surface area (Å²) in [7, 11) is 0. The number of phenolic OH excluding ortho intramolecular Hbond substituents is 1. The van der Waals surface area contributed by atoms with Gasteiger partial charge in [-0.05, 0) is 24.6 Å². The van der Waals surface area contributed by atoms with Crippen molar-refractivity contribution in [1.29, 1.82) is 0 Å². The summed E-state index contributed by atoms with van der Waals surface area (Å²) >= 11 is 0. The monoisotopic (exact) mass is 167 g/mol. The molecule has 0 heterocycles. The Bertz CT molecular complexity index is 243. The van der Waals surface area contributed by atoms with Crippen molar-refractivity contribution in [3.63, 3.8) is 0 Å². The largest absolute Gasteiger partial charge is 0.508 e. The minimum atomic E-state index is -0.574. The van der Waals surface area contributed by atoms with Gasteiger partial charge >= 0.3 is 0 Å². The lowest BCUT2D eigenvalue weighted by atomic mass is 10.0. The molecule has 3 nitrogen and oxygen atoms in total. The van der Waals surface area contributed by atoms with E-state index in [9.17, 15) is 0 Å². The molecule has 1 aromatic carbocycles. The lowest BCUT2D eigenvalue weighted by Gasteiger charge is -2.14. The molecular formula is C9H13NO2. The van der Waals surface area contributed by atoms with Crippen molar-refractivity contribution in [3.8, 4) is 5.75 Å². The zero-order chi connectivity index (χ0) is 9.14. The smallest absolute Gasteiger partial charge is 0.115 e. The molecule has 0 aliphatic heterocycles. The van der Waals surface area contributed by atoms with Crippen molar-refractivity contribution in [2.45, 2.75) is 19.1 Å². The second-order valence-electron chi connectivity index (χ2n) is 2.86. The summed E-state index contributed by atoms with van der Waals surface area (Å²) in [6.45, 7) is 1.64. The van der Waals surface area contributed by atoms with Crippen LogP contribution in [0.3, 0.4) is 0 Å². The van der Waals surface area contributed by atoms with Crippen LogP contribution in [-0.4, -0.2) is 16.3 Å². The van der Waals surface area contributed by atoms with Gasteiger partial charge in [0.15, 0.2) is 0 Å². The first kappa shape index (κ1) is 9.03. The van der Waals surface area contributed by atoms with Crippen molar-refractivity contribution < 1.29 is 10.2 Å². The maximum Gasteiger partial charge on any atom is 0.115 e. The summed E-state index contributed by atoms with van der Waals surface area (Å²) in [5.74, 6) is 0.205. The number of benzene rings is 1. The van der Waals surface area contributed by atoms with Gasteiger partial charge < -0.3 is 15.9 Å². The Balaban J connectivity index is 2.82. The average Bonchev–Trinajstić information content (AvgIpc) is 2.04. The van der Waals surface area contributed by atoms with Crippen molar-refractivity contribution >= 4 is 0 Å². The van der Waals surface area contributed by atoms with Gasteiger partial charge in [0.25, 0.3) is 0 Å². The van der Waals surface area contributed by atoms with E-state index in [2.05, 4.69) is 0 Å². The first-order chi connectivity index (χ1) is 5.61. The first-order valence-corrected chi connectivity index (χ1v) is 3.84. The molecule has 4 N–H and O–H groups in total. The van der Waals surface area contributed by atoms with Gasteiger partial charge in [-0.3, -0.25) is 0 Å². The van der Waals surface area contributed by atoms with Gasteiger partial charge in [-0.15, -0.1) is 0 Å². The number of aliphatic hydroxyl groups is 1. The van der Waals surface area contributed by atoms with Crippen LogP contribution in [0.15, 0.2) is 24.3 Å². The van der Waals surface area contributed by atoms with Gasteiger partial charge in [0.05, 0.1) is 12.1 Å². The molecule has 0 aromatic heterocycles. The summed E-state index contributed by atoms with van der Waals surface area (Å²) in [6, 6.07) is 6.12. The van der Waals surface area contributed by atoms with E-state index >= 15 is 0 Å². The Labute approximate surface area is 71.5 Å². The molecule has 0 aliphatic carbocycles. The SMILES string of the molecule is CC(O)C(N)c1ccc(O)cc1. The fourth-order valence-corrected chi connectivity index (χ4v) is 0.975. The quantitative estimate of drug-likeness (QED) is 0.609. The topological polar surface area (TPSA) is 66.5 Å². The van der Waals surface area contributed by atoms with Crippen LogP contribution in [0.1, 0.15) is 18.5 Å². The number of nitrogens with two attached hydrogens (primary N) is 1. The number of aliphatic hydroxyl groups excluding tert-OH is 1. The molecule has 0 spiro atoms. The van der Waals surface area contributed by atoms with Crippen molar-refractivity contribution in [2.24, 2.45) is 5.73 Å². The zero-order valence-electron chi connectivity index (χ0n) is 6.94. The van der Waals surface area contributed by atoms with E-state index in [0.717, 1.165) is 5.56 Å². The highest BCUT2D eigenvalue weighted by Crippen LogP contribution is 2.17. The molecule has 1 rings (SSSR count). The predicted octanol–water partition coefficient (Wildman–Crippen LogP) is 0.773. The molecule has 66 valence electrons. The highest BCUT2D eigenvalue weighted by atomic mass is 16.3. The van der Waals surface area contributed by atoms with Crippen molar-refractivity contribution in [3.05, 3.63) is 29.8 Å². The van der Waals surface area contributed by atoms with Crippen LogP contribution < -0.4 is 5.73 Å². The lowest BCUT2D eigenvalue weighted by Crippen LogP contribution is -2.22. The Morgan fingerprint density at radius 2 is 1.75 bits per heavy atom. The second-order valence-corrected chi connectivity index (χ2v) is 2.86. The molecule has 12 heavy (non-hydrogen) atoms. The Morgan fingerprint density at radius 1 is 1.25 bits per heavy atom. The summed E-state index contributed by atoms with van der Waals surface area (Å²) in [6.07, 6.45) is -0.574. The van der Waals surface area contributed by atoms with Crippen LogP contribution in [0.4, 0.5) is 0 Å². The van der Waals surface area contributed by atoms with E-state index in [4.69, 9.17) is 15.9 Å². The van der Waals surface area contributed by atoms with E-state index in [-0.39, 0.29) is 11.8 Å². The fraction of sp³-hybridized carbons (Fsp3) is 0.333. The van der Waals surface area contributed by atoms with Crippen LogP contribution >= 0.6 is 0 Å². The Morgan fingerprint density at radius 3 is 2.17 bits per heavy atom. The molecule has 0 bridgehead atoms. The third-order valence-corrected chi connectivity index (χ3v) is 1.80. The molecule has 0 aliphatic rings. The molecule has 0 amide bonds. The highest BCUT2D eigenvalue weighted by molar-refractivity contribution is 5.28. The standard InChI is InChI=1S/C9H13NO2/c1-6(11)9(10)7-2-4-8(12)5-3-7/h2-6,9,11-12H,10H2,1H3. The predicted molar refractivity (Wildman–Crippen MR) is 46.7 cm³/mol. The maximum absolute atomic E-state index is 9.16. The number of phenols is 1. The van der Waals surface area contributed by atoms with E-state index in [0.29, 0.717) is 0 Å². The van der Waals surface area contributed by atoms with Gasteiger partial charge in [-0.2, -0.15) is 0 Å². The van der Waals surface area contributed by atoms with Gasteiger partial charge in [0.1, 0.15) is 5.75 Å². The number of hydrogen-bond acceptors (Lipinski definition) is 3. The van der Waals surface area contributed by atoms with E-state index < -0.39 is 6.10 Å². The number of rotatable bonds is 2. The zero-order valence-corrected chi connectivity index (χ0v) is 6.94. The average molecular weight is 167 g/mol. The highest BCUT2D eigenvalue weighted by Gasteiger charge is 2.10. The molecule has 1 aromatic rings. The van der Waals surface area contributed by atoms with Gasteiger partial charge in [0.2, 0.25) is 0 Å². The summed E-state index contributed by atoms with van der Waals surface area (Å²) in [5, 5.41) is 18.1. The summed E-state index contributed by atoms with van der Waals surface area (Å²) < 4.78 is 0. The fourth-order valence-electron chi connectivity index (χ4n) is 0.975. The molecular weight excluding hydrogens is 154 g/mol. The lowest BCUT2D eigenvalue weighted by molar-refractivity contribution is 0.164. The van der Waals surface area contributed by atoms with Crippen LogP contribution in [0.5, 0.6) is 5.75 Å². The van der Waals surface area contributed by atoms with Gasteiger partial charge in [-0.25, -0.2) is 0 Å². The minimum Gasteiger partial charge on any atom is -0.508 e. The molecule has 2 atom stereocenters. The summed E-state index contributed by atoms with van der Waals surface area (Å²) in [4.78, 5) is 0. The Kier molecular flexibility index (Phi) is 2.68. The normalized spacial score (nSPS) is 15.6. The third kappa shape index (κ3) is 1.96. The van der Waals surface area contributed by atoms with Crippen LogP contribution in [0, 0.1) is 0 Å². The van der Waals surface area contributed by atoms with Crippen LogP contribution in [0.2, 0.25) is 0 Å². The van der Waals surface area contributed by atoms with Crippen molar-refractivity contribution in [2.75, 3.05) is 0 Å².